The number of halogens is 1. The molecule has 0 amide bonds. The van der Waals surface area contributed by atoms with E-state index < -0.39 is 0 Å². The summed E-state index contributed by atoms with van der Waals surface area (Å²) in [5.74, 6) is 0.833. The Kier molecular flexibility index (Phi) is 6.05. The first-order valence-corrected chi connectivity index (χ1v) is 7.35. The van der Waals surface area contributed by atoms with Crippen molar-refractivity contribution < 1.29 is 9.84 Å². The van der Waals surface area contributed by atoms with Crippen molar-refractivity contribution in [2.75, 3.05) is 13.2 Å². The molecule has 0 bridgehead atoms. The van der Waals surface area contributed by atoms with Gasteiger partial charge in [0.2, 0.25) is 0 Å². The van der Waals surface area contributed by atoms with Crippen molar-refractivity contribution in [2.45, 2.75) is 13.2 Å². The van der Waals surface area contributed by atoms with Gasteiger partial charge in [0.15, 0.2) is 0 Å². The first kappa shape index (κ1) is 15.0. The minimum absolute atomic E-state index is 0.152. The number of hydrogen-bond acceptors (Lipinski definition) is 3. The molecule has 0 aliphatic heterocycles. The molecule has 0 spiro atoms. The molecular weight excluding hydrogens is 318 g/mol. The summed E-state index contributed by atoms with van der Waals surface area (Å²) >= 11 is 3.53. The van der Waals surface area contributed by atoms with Gasteiger partial charge in [0.1, 0.15) is 12.4 Å². The van der Waals surface area contributed by atoms with E-state index in [1.165, 1.54) is 0 Å². The molecule has 2 N–H and O–H groups in total. The highest BCUT2D eigenvalue weighted by molar-refractivity contribution is 9.10. The molecule has 3 nitrogen and oxygen atoms in total. The molecule has 0 radical (unpaired) electrons. The minimum atomic E-state index is 0.152. The normalized spacial score (nSPS) is 10.5. The first-order chi connectivity index (χ1) is 9.79. The Morgan fingerprint density at radius 1 is 1.05 bits per heavy atom. The van der Waals surface area contributed by atoms with Crippen LogP contribution in [-0.2, 0) is 13.2 Å². The molecule has 0 fully saturated rings. The fraction of sp³-hybridized carbons (Fsp3) is 0.250. The van der Waals surface area contributed by atoms with Gasteiger partial charge in [0.25, 0.3) is 0 Å². The van der Waals surface area contributed by atoms with Gasteiger partial charge in [-0.05, 0) is 39.2 Å². The smallest absolute Gasteiger partial charge is 0.134 e. The van der Waals surface area contributed by atoms with Crippen LogP contribution in [0.4, 0.5) is 0 Å². The lowest BCUT2D eigenvalue weighted by molar-refractivity contribution is 0.292. The predicted octanol–water partition coefficient (Wildman–Crippen LogP) is 3.11. The van der Waals surface area contributed by atoms with Crippen molar-refractivity contribution in [1.82, 2.24) is 5.32 Å². The molecule has 0 saturated carbocycles. The van der Waals surface area contributed by atoms with Crippen molar-refractivity contribution in [1.29, 1.82) is 0 Å². The molecule has 0 atom stereocenters. The van der Waals surface area contributed by atoms with E-state index in [-0.39, 0.29) is 6.61 Å². The number of ether oxygens (including phenoxy) is 1. The van der Waals surface area contributed by atoms with E-state index in [2.05, 4.69) is 21.2 Å². The summed E-state index contributed by atoms with van der Waals surface area (Å²) in [7, 11) is 0. The molecule has 2 aromatic rings. The molecule has 0 heterocycles. The zero-order valence-electron chi connectivity index (χ0n) is 11.2. The molecule has 20 heavy (non-hydrogen) atoms. The van der Waals surface area contributed by atoms with Gasteiger partial charge in [-0.25, -0.2) is 0 Å². The summed E-state index contributed by atoms with van der Waals surface area (Å²) < 4.78 is 6.74. The highest BCUT2D eigenvalue weighted by Gasteiger charge is 2.03. The zero-order valence-corrected chi connectivity index (χ0v) is 12.8. The maximum Gasteiger partial charge on any atom is 0.134 e. The van der Waals surface area contributed by atoms with Crippen LogP contribution >= 0.6 is 15.9 Å². The fourth-order valence-corrected chi connectivity index (χ4v) is 2.36. The van der Waals surface area contributed by atoms with Crippen LogP contribution in [0.5, 0.6) is 5.75 Å². The van der Waals surface area contributed by atoms with Crippen LogP contribution < -0.4 is 10.1 Å². The van der Waals surface area contributed by atoms with E-state index >= 15 is 0 Å². The second kappa shape index (κ2) is 8.04. The van der Waals surface area contributed by atoms with E-state index in [9.17, 15) is 0 Å². The Balaban J connectivity index is 1.92. The second-order valence-electron chi connectivity index (χ2n) is 4.44. The summed E-state index contributed by atoms with van der Waals surface area (Å²) in [4.78, 5) is 0. The van der Waals surface area contributed by atoms with Gasteiger partial charge >= 0.3 is 0 Å². The molecule has 4 heteroatoms. The monoisotopic (exact) mass is 335 g/mol. The lowest BCUT2D eigenvalue weighted by Crippen LogP contribution is -2.17. The lowest BCUT2D eigenvalue weighted by atomic mass is 10.2. The number of aliphatic hydroxyl groups is 1. The van der Waals surface area contributed by atoms with Gasteiger partial charge in [-0.15, -0.1) is 0 Å². The molecule has 0 unspecified atom stereocenters. The third-order valence-corrected chi connectivity index (χ3v) is 3.47. The number of nitrogens with one attached hydrogen (secondary N) is 1. The quantitative estimate of drug-likeness (QED) is 0.764. The Morgan fingerprint density at radius 3 is 2.55 bits per heavy atom. The SMILES string of the molecule is OCCNCc1ccc(OCc2ccccc2)c(Br)c1. The van der Waals surface area contributed by atoms with Crippen molar-refractivity contribution in [3.8, 4) is 5.75 Å². The van der Waals surface area contributed by atoms with Gasteiger partial charge in [-0.2, -0.15) is 0 Å². The number of hydrogen-bond donors (Lipinski definition) is 2. The van der Waals surface area contributed by atoms with Crippen molar-refractivity contribution in [3.05, 3.63) is 64.1 Å². The molecule has 0 saturated heterocycles. The number of aliphatic hydroxyl groups excluding tert-OH is 1. The van der Waals surface area contributed by atoms with Crippen LogP contribution in [0.15, 0.2) is 53.0 Å². The highest BCUT2D eigenvalue weighted by atomic mass is 79.9. The van der Waals surface area contributed by atoms with Gasteiger partial charge in [-0.1, -0.05) is 36.4 Å². The maximum atomic E-state index is 8.73. The van der Waals surface area contributed by atoms with Crippen LogP contribution in [-0.4, -0.2) is 18.3 Å². The summed E-state index contributed by atoms with van der Waals surface area (Å²) in [6.45, 7) is 2.04. The third kappa shape index (κ3) is 4.63. The molecular formula is C16H18BrNO2. The third-order valence-electron chi connectivity index (χ3n) is 2.85. The average molecular weight is 336 g/mol. The van der Waals surface area contributed by atoms with Crippen molar-refractivity contribution >= 4 is 15.9 Å². The summed E-state index contributed by atoms with van der Waals surface area (Å²) in [5, 5.41) is 11.9. The summed E-state index contributed by atoms with van der Waals surface area (Å²) in [5.41, 5.74) is 2.30. The van der Waals surface area contributed by atoms with Crippen LogP contribution in [0.3, 0.4) is 0 Å². The number of benzene rings is 2. The predicted molar refractivity (Wildman–Crippen MR) is 83.7 cm³/mol. The summed E-state index contributed by atoms with van der Waals surface area (Å²) in [6, 6.07) is 16.1. The minimum Gasteiger partial charge on any atom is -0.488 e. The highest BCUT2D eigenvalue weighted by Crippen LogP contribution is 2.26. The van der Waals surface area contributed by atoms with E-state index in [1.54, 1.807) is 0 Å². The molecule has 2 aromatic carbocycles. The first-order valence-electron chi connectivity index (χ1n) is 6.56. The molecule has 0 aliphatic carbocycles. The topological polar surface area (TPSA) is 41.5 Å². The Labute approximate surface area is 127 Å². The van der Waals surface area contributed by atoms with Crippen LogP contribution in [0.2, 0.25) is 0 Å². The van der Waals surface area contributed by atoms with E-state index in [0.717, 1.165) is 27.9 Å². The fourth-order valence-electron chi connectivity index (χ4n) is 1.82. The van der Waals surface area contributed by atoms with E-state index in [4.69, 9.17) is 9.84 Å². The standard InChI is InChI=1S/C16H18BrNO2/c17-15-10-14(11-18-8-9-19)6-7-16(15)20-12-13-4-2-1-3-5-13/h1-7,10,18-19H,8-9,11-12H2. The molecule has 2 rings (SSSR count). The van der Waals surface area contributed by atoms with Crippen LogP contribution in [0.25, 0.3) is 0 Å². The van der Waals surface area contributed by atoms with Gasteiger partial charge < -0.3 is 15.2 Å². The maximum absolute atomic E-state index is 8.73. The van der Waals surface area contributed by atoms with Crippen molar-refractivity contribution in [3.63, 3.8) is 0 Å². The van der Waals surface area contributed by atoms with E-state index in [1.807, 2.05) is 48.5 Å². The Hall–Kier alpha value is -1.36. The Bertz CT molecular complexity index is 531. The van der Waals surface area contributed by atoms with Crippen LogP contribution in [0, 0.1) is 0 Å². The average Bonchev–Trinajstić information content (AvgIpc) is 2.48. The van der Waals surface area contributed by atoms with Gasteiger partial charge in [-0.3, -0.25) is 0 Å². The largest absolute Gasteiger partial charge is 0.488 e. The number of rotatable bonds is 7. The lowest BCUT2D eigenvalue weighted by Gasteiger charge is -2.10. The van der Waals surface area contributed by atoms with Gasteiger partial charge in [0, 0.05) is 13.1 Å². The molecule has 0 aliphatic rings. The molecule has 106 valence electrons. The summed E-state index contributed by atoms with van der Waals surface area (Å²) in [6.07, 6.45) is 0. The van der Waals surface area contributed by atoms with Crippen molar-refractivity contribution in [2.24, 2.45) is 0 Å². The second-order valence-corrected chi connectivity index (χ2v) is 5.29. The van der Waals surface area contributed by atoms with Crippen LogP contribution in [0.1, 0.15) is 11.1 Å². The van der Waals surface area contributed by atoms with Gasteiger partial charge in [0.05, 0.1) is 11.1 Å². The zero-order chi connectivity index (χ0) is 14.2. The Morgan fingerprint density at radius 2 is 1.85 bits per heavy atom. The van der Waals surface area contributed by atoms with E-state index in [0.29, 0.717) is 13.2 Å². The molecule has 0 aromatic heterocycles.